The molecule has 4 heteroatoms. The number of carboxylic acid groups (broad SMARTS) is 1. The van der Waals surface area contributed by atoms with Gasteiger partial charge in [0.05, 0.1) is 11.0 Å². The summed E-state index contributed by atoms with van der Waals surface area (Å²) in [7, 11) is 0. The van der Waals surface area contributed by atoms with Crippen molar-refractivity contribution in [2.24, 2.45) is 0 Å². The van der Waals surface area contributed by atoms with E-state index < -0.39 is 5.97 Å². The van der Waals surface area contributed by atoms with Gasteiger partial charge in [-0.15, -0.1) is 0 Å². The van der Waals surface area contributed by atoms with Gasteiger partial charge in [-0.25, -0.2) is 4.98 Å². The molecule has 2 aromatic rings. The Kier molecular flexibility index (Phi) is 3.65. The average molecular weight is 246 g/mol. The number of benzene rings is 1. The summed E-state index contributed by atoms with van der Waals surface area (Å²) in [4.78, 5) is 15.0. The van der Waals surface area contributed by atoms with E-state index >= 15 is 0 Å². The zero-order chi connectivity index (χ0) is 13.1. The highest BCUT2D eigenvalue weighted by Crippen LogP contribution is 2.18. The Bertz CT molecular complexity index is 572. The second-order valence-electron chi connectivity index (χ2n) is 4.47. The van der Waals surface area contributed by atoms with Crippen LogP contribution in [-0.2, 0) is 17.8 Å². The maximum Gasteiger partial charge on any atom is 0.303 e. The smallest absolute Gasteiger partial charge is 0.303 e. The quantitative estimate of drug-likeness (QED) is 0.882. The van der Waals surface area contributed by atoms with Gasteiger partial charge in [-0.2, -0.15) is 0 Å². The summed E-state index contributed by atoms with van der Waals surface area (Å²) in [6.07, 6.45) is 1.69. The molecule has 4 nitrogen and oxygen atoms in total. The third-order valence-corrected chi connectivity index (χ3v) is 3.18. The molecule has 18 heavy (non-hydrogen) atoms. The van der Waals surface area contributed by atoms with Crippen molar-refractivity contribution in [3.8, 4) is 0 Å². The van der Waals surface area contributed by atoms with Crippen LogP contribution in [0.5, 0.6) is 0 Å². The number of hydrogen-bond acceptors (Lipinski definition) is 2. The van der Waals surface area contributed by atoms with Crippen LogP contribution >= 0.6 is 0 Å². The standard InChI is InChI=1S/C14H18N2O2/c1-3-16-10(2)15-12-9-11(7-8-13(12)16)5-4-6-14(17)18/h7-9H,3-6H2,1-2H3,(H,17,18). The van der Waals surface area contributed by atoms with Gasteiger partial charge < -0.3 is 9.67 Å². The lowest BCUT2D eigenvalue weighted by molar-refractivity contribution is -0.137. The van der Waals surface area contributed by atoms with Crippen molar-refractivity contribution in [2.75, 3.05) is 0 Å². The van der Waals surface area contributed by atoms with Gasteiger partial charge in [0.15, 0.2) is 0 Å². The van der Waals surface area contributed by atoms with Gasteiger partial charge in [0.2, 0.25) is 0 Å². The maximum absolute atomic E-state index is 10.5. The highest BCUT2D eigenvalue weighted by Gasteiger charge is 2.06. The van der Waals surface area contributed by atoms with E-state index in [2.05, 4.69) is 34.7 Å². The number of aryl methyl sites for hydroxylation is 3. The molecule has 0 aliphatic carbocycles. The minimum absolute atomic E-state index is 0.223. The Morgan fingerprint density at radius 3 is 2.89 bits per heavy atom. The zero-order valence-corrected chi connectivity index (χ0v) is 10.8. The molecule has 0 bridgehead atoms. The fourth-order valence-corrected chi connectivity index (χ4v) is 2.29. The van der Waals surface area contributed by atoms with Crippen LogP contribution in [0.1, 0.15) is 31.2 Å². The third-order valence-electron chi connectivity index (χ3n) is 3.18. The van der Waals surface area contributed by atoms with E-state index in [0.717, 1.165) is 35.4 Å². The summed E-state index contributed by atoms with van der Waals surface area (Å²) in [6.45, 7) is 5.03. The second kappa shape index (κ2) is 5.21. The Balaban J connectivity index is 2.20. The van der Waals surface area contributed by atoms with Crippen molar-refractivity contribution < 1.29 is 9.90 Å². The van der Waals surface area contributed by atoms with E-state index in [1.807, 2.05) is 6.92 Å². The van der Waals surface area contributed by atoms with Crippen molar-refractivity contribution in [2.45, 2.75) is 39.7 Å². The molecule has 1 heterocycles. The molecule has 0 amide bonds. The highest BCUT2D eigenvalue weighted by molar-refractivity contribution is 5.77. The van der Waals surface area contributed by atoms with Crippen LogP contribution in [0.3, 0.4) is 0 Å². The molecule has 0 aliphatic rings. The molecule has 0 fully saturated rings. The monoisotopic (exact) mass is 246 g/mol. The van der Waals surface area contributed by atoms with Crippen LogP contribution in [0.25, 0.3) is 11.0 Å². The number of nitrogens with zero attached hydrogens (tertiary/aromatic N) is 2. The Morgan fingerprint density at radius 2 is 2.22 bits per heavy atom. The second-order valence-corrected chi connectivity index (χ2v) is 4.47. The van der Waals surface area contributed by atoms with Crippen molar-refractivity contribution in [3.63, 3.8) is 0 Å². The summed E-state index contributed by atoms with van der Waals surface area (Å²) in [5.74, 6) is 0.289. The molecule has 0 spiro atoms. The normalized spacial score (nSPS) is 11.0. The third kappa shape index (κ3) is 2.53. The predicted molar refractivity (Wildman–Crippen MR) is 70.7 cm³/mol. The lowest BCUT2D eigenvalue weighted by Crippen LogP contribution is -1.97. The SMILES string of the molecule is CCn1c(C)nc2cc(CCCC(=O)O)ccc21. The van der Waals surface area contributed by atoms with Gasteiger partial charge in [-0.1, -0.05) is 6.07 Å². The van der Waals surface area contributed by atoms with E-state index in [9.17, 15) is 4.79 Å². The lowest BCUT2D eigenvalue weighted by Gasteiger charge is -2.03. The first-order valence-corrected chi connectivity index (χ1v) is 6.29. The van der Waals surface area contributed by atoms with Crippen molar-refractivity contribution in [3.05, 3.63) is 29.6 Å². The van der Waals surface area contributed by atoms with Gasteiger partial charge in [0, 0.05) is 13.0 Å². The van der Waals surface area contributed by atoms with Crippen LogP contribution in [0, 0.1) is 6.92 Å². The first-order chi connectivity index (χ1) is 8.61. The Hall–Kier alpha value is -1.84. The van der Waals surface area contributed by atoms with Crippen LogP contribution in [-0.4, -0.2) is 20.6 Å². The minimum atomic E-state index is -0.734. The van der Waals surface area contributed by atoms with Gasteiger partial charge >= 0.3 is 5.97 Å². The van der Waals surface area contributed by atoms with Crippen LogP contribution < -0.4 is 0 Å². The summed E-state index contributed by atoms with van der Waals surface area (Å²) < 4.78 is 2.18. The van der Waals surface area contributed by atoms with Crippen molar-refractivity contribution in [1.82, 2.24) is 9.55 Å². The number of carboxylic acids is 1. The average Bonchev–Trinajstić information content (AvgIpc) is 2.63. The molecule has 0 saturated heterocycles. The van der Waals surface area contributed by atoms with Crippen LogP contribution in [0.2, 0.25) is 0 Å². The number of rotatable bonds is 5. The Morgan fingerprint density at radius 1 is 1.44 bits per heavy atom. The number of aliphatic carboxylic acids is 1. The molecule has 1 N–H and O–H groups in total. The summed E-state index contributed by atoms with van der Waals surface area (Å²) in [5.41, 5.74) is 3.31. The van der Waals surface area contributed by atoms with Crippen LogP contribution in [0.15, 0.2) is 18.2 Å². The molecule has 0 unspecified atom stereocenters. The molecule has 1 aromatic carbocycles. The molecule has 2 rings (SSSR count). The van der Waals surface area contributed by atoms with Crippen molar-refractivity contribution >= 4 is 17.0 Å². The molecular formula is C14H18N2O2. The molecule has 0 saturated carbocycles. The fourth-order valence-electron chi connectivity index (χ4n) is 2.29. The van der Waals surface area contributed by atoms with E-state index in [1.54, 1.807) is 0 Å². The summed E-state index contributed by atoms with van der Waals surface area (Å²) in [5, 5.41) is 8.62. The largest absolute Gasteiger partial charge is 0.481 e. The zero-order valence-electron chi connectivity index (χ0n) is 10.8. The first kappa shape index (κ1) is 12.6. The van der Waals surface area contributed by atoms with Crippen LogP contribution in [0.4, 0.5) is 0 Å². The topological polar surface area (TPSA) is 55.1 Å². The summed E-state index contributed by atoms with van der Waals surface area (Å²) >= 11 is 0. The van der Waals surface area contributed by atoms with Gasteiger partial charge in [-0.05, 0) is 44.4 Å². The van der Waals surface area contributed by atoms with E-state index in [-0.39, 0.29) is 6.42 Å². The van der Waals surface area contributed by atoms with E-state index in [0.29, 0.717) is 6.42 Å². The van der Waals surface area contributed by atoms with Crippen molar-refractivity contribution in [1.29, 1.82) is 0 Å². The number of aromatic nitrogens is 2. The van der Waals surface area contributed by atoms with E-state index in [1.165, 1.54) is 0 Å². The first-order valence-electron chi connectivity index (χ1n) is 6.29. The van der Waals surface area contributed by atoms with Gasteiger partial charge in [0.25, 0.3) is 0 Å². The molecular weight excluding hydrogens is 228 g/mol. The fraction of sp³-hybridized carbons (Fsp3) is 0.429. The number of hydrogen-bond donors (Lipinski definition) is 1. The highest BCUT2D eigenvalue weighted by atomic mass is 16.4. The van der Waals surface area contributed by atoms with E-state index in [4.69, 9.17) is 5.11 Å². The number of imidazole rings is 1. The molecule has 0 radical (unpaired) electrons. The molecule has 0 atom stereocenters. The molecule has 0 aliphatic heterocycles. The van der Waals surface area contributed by atoms with Gasteiger partial charge in [-0.3, -0.25) is 4.79 Å². The maximum atomic E-state index is 10.5. The summed E-state index contributed by atoms with van der Waals surface area (Å²) in [6, 6.07) is 6.21. The Labute approximate surface area is 106 Å². The lowest BCUT2D eigenvalue weighted by atomic mass is 10.1. The van der Waals surface area contributed by atoms with Gasteiger partial charge in [0.1, 0.15) is 5.82 Å². The molecule has 1 aromatic heterocycles. The number of fused-ring (bicyclic) bond motifs is 1. The number of carbonyl (C=O) groups is 1. The molecule has 96 valence electrons. The minimum Gasteiger partial charge on any atom is -0.481 e. The predicted octanol–water partition coefficient (Wildman–Crippen LogP) is 2.77.